The van der Waals surface area contributed by atoms with Gasteiger partial charge in [0.15, 0.2) is 12.6 Å². The molecule has 380 valence electrons. The van der Waals surface area contributed by atoms with Gasteiger partial charge >= 0.3 is 11.9 Å². The van der Waals surface area contributed by atoms with Gasteiger partial charge in [0.25, 0.3) is 0 Å². The van der Waals surface area contributed by atoms with Gasteiger partial charge in [-0.2, -0.15) is 0 Å². The second-order valence-corrected chi connectivity index (χ2v) is 22.6. The Labute approximate surface area is 390 Å². The molecule has 24 atom stereocenters. The smallest absolute Gasteiger partial charge is 0.314 e. The molecule has 0 amide bonds. The van der Waals surface area contributed by atoms with Crippen molar-refractivity contribution in [1.29, 1.82) is 0 Å². The highest BCUT2D eigenvalue weighted by Crippen LogP contribution is 2.77. The fraction of sp³-hybridized carbons (Fsp3) is 0.896. The van der Waals surface area contributed by atoms with Crippen molar-refractivity contribution in [3.63, 3.8) is 0 Å². The van der Waals surface area contributed by atoms with E-state index in [1.54, 1.807) is 0 Å². The summed E-state index contributed by atoms with van der Waals surface area (Å²) in [7, 11) is 0. The summed E-state index contributed by atoms with van der Waals surface area (Å²) in [6.45, 7) is 14.7. The van der Waals surface area contributed by atoms with E-state index in [1.165, 1.54) is 6.92 Å². The molecular formula is C48H74O19. The molecule has 0 aromatic heterocycles. The van der Waals surface area contributed by atoms with Crippen molar-refractivity contribution in [3.8, 4) is 0 Å². The van der Waals surface area contributed by atoms with Crippen LogP contribution >= 0.6 is 0 Å². The average Bonchev–Trinajstić information content (AvgIpc) is 3.69. The van der Waals surface area contributed by atoms with E-state index in [0.29, 0.717) is 44.9 Å². The minimum Gasteiger partial charge on any atom is -0.481 e. The van der Waals surface area contributed by atoms with E-state index in [-0.39, 0.29) is 41.8 Å². The Bertz CT molecular complexity index is 1900. The number of carboxylic acids is 1. The molecule has 5 aliphatic carbocycles. The third kappa shape index (κ3) is 7.71. The number of fused-ring (bicyclic) bond motifs is 7. The number of rotatable bonds is 10. The number of aliphatic hydroxyl groups excluding tert-OH is 9. The fourth-order valence-electron chi connectivity index (χ4n) is 15.6. The van der Waals surface area contributed by atoms with E-state index >= 15 is 4.79 Å². The highest BCUT2D eigenvalue weighted by atomic mass is 16.8. The SMILES string of the molecule is C=C(C)[C@H]1CC[C@@]2(C(=O)O[C@H]3O[C@@H](CO[C@@H]4O[C@H](CO)[C@H](O)[C@@H](O)[C@@H]4O)[C@H](O[C@@H]4O[C@H](C)[C@@H](O)[C@H](O)[C@@H]4O)[C@@H](O)[C@@H]3O)CC[C@]3(C(=O)O)[C@H](CC[C@@H]4[C@]5(C)CCC(=O)C(C)(C)[C@@H]5CC[C@]43C)[C@@H]12. The van der Waals surface area contributed by atoms with E-state index in [1.807, 2.05) is 20.8 Å². The molecule has 8 aliphatic rings. The van der Waals surface area contributed by atoms with Gasteiger partial charge < -0.3 is 79.5 Å². The summed E-state index contributed by atoms with van der Waals surface area (Å²) >= 11 is 0. The Morgan fingerprint density at radius 2 is 1.36 bits per heavy atom. The third-order valence-electron chi connectivity index (χ3n) is 19.2. The van der Waals surface area contributed by atoms with Crippen molar-refractivity contribution in [2.45, 2.75) is 198 Å². The minimum absolute atomic E-state index is 0.0174. The number of carbonyl (C=O) groups is 3. The summed E-state index contributed by atoms with van der Waals surface area (Å²) in [4.78, 5) is 42.8. The third-order valence-corrected chi connectivity index (χ3v) is 19.2. The second kappa shape index (κ2) is 18.1. The highest BCUT2D eigenvalue weighted by Gasteiger charge is 2.76. The minimum atomic E-state index is -2.00. The standard InChI is InChI=1S/C48H74O19/c1-20(2)22-10-15-47(16-17-48(42(59)60)23(29(22)47)8-9-27-45(6)13-12-28(50)44(4,5)26(45)11-14-46(27,48)7)43(61)67-41-37(58)34(55)38(66-40-36(57)32(53)30(51)21(3)63-40)25(65-41)19-62-39-35(56)33(54)31(52)24(18-49)64-39/h21-27,29-41,49,51-58H,1,8-19H2,2-7H3,(H,59,60)/t21-,22-,23-,24-,25+,26+,27-,29-,30-,31+,32+,33-,34+,35+,36+,37+,38+,39-,40+,41-,45-,46-,47-,48-/m1/s1. The number of allylic oxidation sites excluding steroid dienone is 1. The first-order valence-corrected chi connectivity index (χ1v) is 24.3. The van der Waals surface area contributed by atoms with Crippen molar-refractivity contribution in [3.05, 3.63) is 12.2 Å². The summed E-state index contributed by atoms with van der Waals surface area (Å²) in [6.07, 6.45) is -20.4. The lowest BCUT2D eigenvalue weighted by Crippen LogP contribution is -2.69. The molecule has 8 fully saturated rings. The van der Waals surface area contributed by atoms with Crippen LogP contribution in [0.15, 0.2) is 12.2 Å². The van der Waals surface area contributed by atoms with E-state index in [9.17, 15) is 60.7 Å². The molecule has 3 aliphatic heterocycles. The monoisotopic (exact) mass is 954 g/mol. The first kappa shape index (κ1) is 51.2. The van der Waals surface area contributed by atoms with Crippen LogP contribution in [0.3, 0.4) is 0 Å². The predicted molar refractivity (Wildman–Crippen MR) is 230 cm³/mol. The molecule has 0 radical (unpaired) electrons. The maximum atomic E-state index is 15.2. The Morgan fingerprint density at radius 3 is 2.01 bits per heavy atom. The van der Waals surface area contributed by atoms with Gasteiger partial charge in [-0.1, -0.05) is 39.8 Å². The normalized spacial score (nSPS) is 52.8. The molecule has 3 saturated heterocycles. The van der Waals surface area contributed by atoms with Crippen molar-refractivity contribution in [2.75, 3.05) is 13.2 Å². The number of ketones is 1. The molecule has 19 nitrogen and oxygen atoms in total. The van der Waals surface area contributed by atoms with Crippen LogP contribution in [-0.2, 0) is 42.8 Å². The average molecular weight is 955 g/mol. The molecule has 5 saturated carbocycles. The molecular weight excluding hydrogens is 881 g/mol. The van der Waals surface area contributed by atoms with Crippen molar-refractivity contribution < 1.29 is 93.9 Å². The van der Waals surface area contributed by atoms with Gasteiger partial charge in [0, 0.05) is 11.8 Å². The van der Waals surface area contributed by atoms with Gasteiger partial charge in [-0.25, -0.2) is 0 Å². The van der Waals surface area contributed by atoms with E-state index in [4.69, 9.17) is 28.4 Å². The number of carboxylic acid groups (broad SMARTS) is 1. The van der Waals surface area contributed by atoms with Gasteiger partial charge in [0.1, 0.15) is 72.9 Å². The zero-order valence-electron chi connectivity index (χ0n) is 39.4. The van der Waals surface area contributed by atoms with Crippen molar-refractivity contribution in [1.82, 2.24) is 0 Å². The first-order chi connectivity index (χ1) is 31.3. The number of aliphatic carboxylic acids is 1. The van der Waals surface area contributed by atoms with Gasteiger partial charge in [-0.05, 0) is 112 Å². The number of esters is 1. The summed E-state index contributed by atoms with van der Waals surface area (Å²) in [5.74, 6) is -2.50. The zero-order valence-corrected chi connectivity index (χ0v) is 39.4. The number of aliphatic hydroxyl groups is 9. The summed E-state index contributed by atoms with van der Waals surface area (Å²) < 4.78 is 35.2. The number of hydrogen-bond acceptors (Lipinski definition) is 18. The Balaban J connectivity index is 1.08. The lowest BCUT2D eigenvalue weighted by Gasteiger charge is -2.71. The van der Waals surface area contributed by atoms with E-state index < -0.39 is 151 Å². The predicted octanol–water partition coefficient (Wildman–Crippen LogP) is 0.297. The highest BCUT2D eigenvalue weighted by molar-refractivity contribution is 5.86. The topological polar surface area (TPSA) is 309 Å². The maximum Gasteiger partial charge on any atom is 0.314 e. The van der Waals surface area contributed by atoms with E-state index in [0.717, 1.165) is 12.0 Å². The van der Waals surface area contributed by atoms with Crippen LogP contribution in [0.4, 0.5) is 0 Å². The van der Waals surface area contributed by atoms with Crippen LogP contribution in [0.5, 0.6) is 0 Å². The van der Waals surface area contributed by atoms with Crippen LogP contribution in [-0.4, -0.2) is 174 Å². The van der Waals surface area contributed by atoms with Gasteiger partial charge in [0.2, 0.25) is 6.29 Å². The largest absolute Gasteiger partial charge is 0.481 e. The number of hydrogen-bond donors (Lipinski definition) is 10. The number of ether oxygens (including phenoxy) is 6. The lowest BCUT2D eigenvalue weighted by atomic mass is 9.32. The van der Waals surface area contributed by atoms with Crippen molar-refractivity contribution in [2.24, 2.45) is 56.7 Å². The first-order valence-electron chi connectivity index (χ1n) is 24.3. The Kier molecular flexibility index (Phi) is 13.8. The van der Waals surface area contributed by atoms with Crippen LogP contribution < -0.4 is 0 Å². The Hall–Kier alpha value is -2.21. The number of Topliss-reactive ketones (excluding diaryl/α,β-unsaturated/α-hetero) is 1. The molecule has 0 bridgehead atoms. The van der Waals surface area contributed by atoms with E-state index in [2.05, 4.69) is 20.4 Å². The zero-order chi connectivity index (χ0) is 49.1. The van der Waals surface area contributed by atoms with Gasteiger partial charge in [-0.15, -0.1) is 0 Å². The molecule has 0 spiro atoms. The summed E-state index contributed by atoms with van der Waals surface area (Å²) in [5, 5.41) is 108. The molecule has 67 heavy (non-hydrogen) atoms. The van der Waals surface area contributed by atoms with Crippen LogP contribution in [0, 0.1) is 56.7 Å². The number of carbonyl (C=O) groups excluding carboxylic acids is 2. The van der Waals surface area contributed by atoms with Crippen LogP contribution in [0.2, 0.25) is 0 Å². The van der Waals surface area contributed by atoms with Crippen LogP contribution in [0.1, 0.15) is 106 Å². The molecule has 10 N–H and O–H groups in total. The lowest BCUT2D eigenvalue weighted by molar-refractivity contribution is -0.362. The second-order valence-electron chi connectivity index (χ2n) is 22.6. The molecule has 0 aromatic carbocycles. The Morgan fingerprint density at radius 1 is 0.716 bits per heavy atom. The molecule has 0 unspecified atom stereocenters. The fourth-order valence-corrected chi connectivity index (χ4v) is 15.6. The molecule has 19 heteroatoms. The van der Waals surface area contributed by atoms with Gasteiger partial charge in [0.05, 0.1) is 30.1 Å². The molecule has 0 aromatic rings. The van der Waals surface area contributed by atoms with Crippen LogP contribution in [0.25, 0.3) is 0 Å². The maximum absolute atomic E-state index is 15.2. The van der Waals surface area contributed by atoms with Crippen molar-refractivity contribution >= 4 is 17.7 Å². The van der Waals surface area contributed by atoms with Gasteiger partial charge in [-0.3, -0.25) is 14.4 Å². The summed E-state index contributed by atoms with van der Waals surface area (Å²) in [6, 6.07) is 0. The molecule has 3 heterocycles. The molecule has 8 rings (SSSR count). The quantitative estimate of drug-likeness (QED) is 0.104. The summed E-state index contributed by atoms with van der Waals surface area (Å²) in [5.41, 5.74) is -3.12.